The highest BCUT2D eigenvalue weighted by Crippen LogP contribution is 2.44. The Morgan fingerprint density at radius 2 is 1.97 bits per heavy atom. The summed E-state index contributed by atoms with van der Waals surface area (Å²) in [6.45, 7) is 3.92. The third kappa shape index (κ3) is 7.45. The number of oxime groups is 1. The molecule has 0 radical (unpaired) electrons. The van der Waals surface area contributed by atoms with Gasteiger partial charge in [0.2, 0.25) is 0 Å². The van der Waals surface area contributed by atoms with Crippen LogP contribution in [-0.4, -0.2) is 53.9 Å². The van der Waals surface area contributed by atoms with Crippen molar-refractivity contribution in [2.45, 2.75) is 70.6 Å². The summed E-state index contributed by atoms with van der Waals surface area (Å²) >= 11 is 0. The minimum atomic E-state index is -0.358. The minimum absolute atomic E-state index is 0.0587. The van der Waals surface area contributed by atoms with Gasteiger partial charge >= 0.3 is 5.97 Å². The van der Waals surface area contributed by atoms with Crippen LogP contribution in [0.2, 0.25) is 0 Å². The summed E-state index contributed by atoms with van der Waals surface area (Å²) in [6, 6.07) is 3.31. The van der Waals surface area contributed by atoms with Crippen LogP contribution < -0.4 is 0 Å². The standard InChI is InChI=1S/C29H38N2O5/c1-21-9-4-2-7-16-35-29(34)28-23(18-25(32)19-26(28)22-12-13-22)17-24(11-8-10-21)30-36-20-27(33)31-14-5-3-6-15-31/h4,8-9,11,18-19,21-22,32H,2-3,5-7,10,12-17,20H2,1H3/b9-4+,11-8+,30-24-. The Kier molecular flexibility index (Phi) is 9.20. The molecule has 1 aromatic rings. The average molecular weight is 495 g/mol. The second-order valence-corrected chi connectivity index (χ2v) is 10.1. The summed E-state index contributed by atoms with van der Waals surface area (Å²) in [5, 5.41) is 14.8. The van der Waals surface area contributed by atoms with Crippen LogP contribution in [0.1, 0.15) is 85.7 Å². The van der Waals surface area contributed by atoms with Crippen LogP contribution in [-0.2, 0) is 20.8 Å². The Bertz CT molecular complexity index is 1020. The van der Waals surface area contributed by atoms with Gasteiger partial charge in [-0.1, -0.05) is 30.3 Å². The summed E-state index contributed by atoms with van der Waals surface area (Å²) in [6.07, 6.45) is 16.2. The van der Waals surface area contributed by atoms with Crippen molar-refractivity contribution in [3.8, 4) is 5.75 Å². The molecule has 3 aliphatic rings. The maximum absolute atomic E-state index is 13.2. The van der Waals surface area contributed by atoms with Crippen molar-refractivity contribution < 1.29 is 24.3 Å². The van der Waals surface area contributed by atoms with Gasteiger partial charge in [0.15, 0.2) is 6.61 Å². The molecule has 1 amide bonds. The molecule has 1 N–H and O–H groups in total. The summed E-state index contributed by atoms with van der Waals surface area (Å²) in [5.41, 5.74) is 2.63. The molecule has 194 valence electrons. The van der Waals surface area contributed by atoms with Gasteiger partial charge < -0.3 is 19.6 Å². The zero-order valence-electron chi connectivity index (χ0n) is 21.3. The van der Waals surface area contributed by atoms with E-state index < -0.39 is 0 Å². The second-order valence-electron chi connectivity index (χ2n) is 10.1. The smallest absolute Gasteiger partial charge is 0.338 e. The number of phenols is 1. The average Bonchev–Trinajstić information content (AvgIpc) is 3.71. The monoisotopic (exact) mass is 494 g/mol. The molecule has 2 fully saturated rings. The van der Waals surface area contributed by atoms with E-state index in [9.17, 15) is 14.7 Å². The Balaban J connectivity index is 1.59. The Labute approximate surface area is 213 Å². The SMILES string of the molecule is CC1/C=C/CCCOC(=O)c2c(cc(O)cc2C2CC2)CC(=N\OCC(=O)N2CCCCC2)/C=C/C1. The highest BCUT2D eigenvalue weighted by atomic mass is 16.6. The number of esters is 1. The van der Waals surface area contributed by atoms with Crippen molar-refractivity contribution in [2.24, 2.45) is 11.1 Å². The first-order valence-electron chi connectivity index (χ1n) is 13.3. The molecule has 1 aliphatic carbocycles. The van der Waals surface area contributed by atoms with Crippen LogP contribution >= 0.6 is 0 Å². The molecule has 1 atom stereocenters. The fraction of sp³-hybridized carbons (Fsp3) is 0.552. The van der Waals surface area contributed by atoms with Gasteiger partial charge in [-0.2, -0.15) is 0 Å². The van der Waals surface area contributed by atoms with Gasteiger partial charge in [0.1, 0.15) is 5.75 Å². The molecule has 7 nitrogen and oxygen atoms in total. The Hall–Kier alpha value is -3.09. The zero-order valence-corrected chi connectivity index (χ0v) is 21.3. The van der Waals surface area contributed by atoms with E-state index in [-0.39, 0.29) is 36.6 Å². The van der Waals surface area contributed by atoms with Gasteiger partial charge in [-0.3, -0.25) is 4.79 Å². The van der Waals surface area contributed by atoms with E-state index in [0.29, 0.717) is 29.4 Å². The van der Waals surface area contributed by atoms with Crippen molar-refractivity contribution in [3.63, 3.8) is 0 Å². The molecule has 0 aromatic heterocycles. The predicted molar refractivity (Wildman–Crippen MR) is 139 cm³/mol. The third-order valence-electron chi connectivity index (χ3n) is 6.94. The van der Waals surface area contributed by atoms with E-state index in [0.717, 1.165) is 70.0 Å². The number of ether oxygens (including phenoxy) is 1. The number of fused-ring (bicyclic) bond motifs is 1. The summed E-state index contributed by atoms with van der Waals surface area (Å²) in [4.78, 5) is 33.0. The van der Waals surface area contributed by atoms with Gasteiger partial charge in [-0.15, -0.1) is 0 Å². The van der Waals surface area contributed by atoms with Crippen molar-refractivity contribution in [1.29, 1.82) is 0 Å². The molecule has 1 saturated carbocycles. The number of phenolic OH excluding ortho intramolecular Hbond substituents is 1. The van der Waals surface area contributed by atoms with E-state index in [1.807, 2.05) is 17.1 Å². The molecule has 2 aliphatic heterocycles. The number of nitrogens with zero attached hydrogens (tertiary/aromatic N) is 2. The van der Waals surface area contributed by atoms with Crippen LogP contribution in [0.4, 0.5) is 0 Å². The van der Waals surface area contributed by atoms with Crippen LogP contribution in [0.3, 0.4) is 0 Å². The van der Waals surface area contributed by atoms with Crippen LogP contribution in [0.5, 0.6) is 5.75 Å². The number of benzene rings is 1. The molecule has 4 rings (SSSR count). The number of allylic oxidation sites excluding steroid dienone is 4. The number of likely N-dealkylation sites (tertiary alicyclic amines) is 1. The lowest BCUT2D eigenvalue weighted by atomic mass is 9.93. The van der Waals surface area contributed by atoms with Gasteiger partial charge in [0, 0.05) is 19.5 Å². The normalized spacial score (nSPS) is 24.7. The number of amides is 1. The van der Waals surface area contributed by atoms with Crippen LogP contribution in [0.25, 0.3) is 0 Å². The quantitative estimate of drug-likeness (QED) is 0.349. The first-order valence-corrected chi connectivity index (χ1v) is 13.3. The fourth-order valence-electron chi connectivity index (χ4n) is 4.80. The number of carbonyl (C=O) groups excluding carboxylic acids is 2. The molecule has 1 unspecified atom stereocenters. The lowest BCUT2D eigenvalue weighted by Crippen LogP contribution is -2.37. The van der Waals surface area contributed by atoms with Crippen LogP contribution in [0, 0.1) is 5.92 Å². The largest absolute Gasteiger partial charge is 0.508 e. The predicted octanol–water partition coefficient (Wildman–Crippen LogP) is 5.29. The highest BCUT2D eigenvalue weighted by molar-refractivity contribution is 6.00. The molecular formula is C29H38N2O5. The van der Waals surface area contributed by atoms with E-state index >= 15 is 0 Å². The number of hydrogen-bond acceptors (Lipinski definition) is 6. The minimum Gasteiger partial charge on any atom is -0.508 e. The molecule has 36 heavy (non-hydrogen) atoms. The van der Waals surface area contributed by atoms with Crippen LogP contribution in [0.15, 0.2) is 41.6 Å². The van der Waals surface area contributed by atoms with Crippen molar-refractivity contribution in [2.75, 3.05) is 26.3 Å². The number of cyclic esters (lactones) is 1. The van der Waals surface area contributed by atoms with Gasteiger partial charge in [0.05, 0.1) is 17.9 Å². The van der Waals surface area contributed by atoms with Crippen molar-refractivity contribution >= 4 is 17.6 Å². The van der Waals surface area contributed by atoms with E-state index in [4.69, 9.17) is 9.57 Å². The van der Waals surface area contributed by atoms with Crippen molar-refractivity contribution in [3.05, 3.63) is 53.1 Å². The number of piperidine rings is 1. The van der Waals surface area contributed by atoms with Gasteiger partial charge in [-0.25, -0.2) is 4.79 Å². The van der Waals surface area contributed by atoms with Gasteiger partial charge in [-0.05, 0) is 92.5 Å². The first kappa shape index (κ1) is 26.0. The molecule has 1 aromatic carbocycles. The van der Waals surface area contributed by atoms with E-state index in [1.54, 1.807) is 12.1 Å². The molecule has 0 bridgehead atoms. The maximum atomic E-state index is 13.2. The lowest BCUT2D eigenvalue weighted by molar-refractivity contribution is -0.137. The molecular weight excluding hydrogens is 456 g/mol. The topological polar surface area (TPSA) is 88.4 Å². The fourth-order valence-corrected chi connectivity index (χ4v) is 4.80. The highest BCUT2D eigenvalue weighted by Gasteiger charge is 2.31. The Morgan fingerprint density at radius 3 is 2.75 bits per heavy atom. The third-order valence-corrected chi connectivity index (χ3v) is 6.94. The lowest BCUT2D eigenvalue weighted by Gasteiger charge is -2.26. The molecule has 7 heteroatoms. The second kappa shape index (κ2) is 12.7. The Morgan fingerprint density at radius 1 is 1.17 bits per heavy atom. The van der Waals surface area contributed by atoms with Crippen molar-refractivity contribution in [1.82, 2.24) is 4.90 Å². The number of carbonyl (C=O) groups is 2. The zero-order chi connectivity index (χ0) is 25.3. The number of aromatic hydroxyl groups is 1. The van der Waals surface area contributed by atoms with E-state index in [2.05, 4.69) is 24.2 Å². The summed E-state index contributed by atoms with van der Waals surface area (Å²) in [5.74, 6) is 0.331. The maximum Gasteiger partial charge on any atom is 0.338 e. The molecule has 0 spiro atoms. The van der Waals surface area contributed by atoms with Gasteiger partial charge in [0.25, 0.3) is 5.91 Å². The summed E-state index contributed by atoms with van der Waals surface area (Å²) < 4.78 is 5.65. The van der Waals surface area contributed by atoms with E-state index in [1.165, 1.54) is 0 Å². The number of rotatable bonds is 4. The molecule has 1 saturated heterocycles. The number of hydrogen-bond donors (Lipinski definition) is 1. The summed E-state index contributed by atoms with van der Waals surface area (Å²) in [7, 11) is 0. The first-order chi connectivity index (χ1) is 17.5. The molecule has 2 heterocycles.